The molecule has 0 bridgehead atoms. The third kappa shape index (κ3) is 5.89. The average molecular weight is 527 g/mol. The molecule has 1 N–H and O–H groups in total. The number of hydrogen-bond donors (Lipinski definition) is 1. The van der Waals surface area contributed by atoms with Crippen LogP contribution in [0.4, 0.5) is 5.69 Å². The van der Waals surface area contributed by atoms with E-state index in [1.165, 1.54) is 10.4 Å². The van der Waals surface area contributed by atoms with Crippen molar-refractivity contribution >= 4 is 34.0 Å². The smallest absolute Gasteiger partial charge is 0.260 e. The Bertz CT molecular complexity index is 1340. The van der Waals surface area contributed by atoms with Gasteiger partial charge < -0.3 is 5.32 Å². The van der Waals surface area contributed by atoms with Crippen molar-refractivity contribution in [3.8, 4) is 0 Å². The van der Waals surface area contributed by atoms with Crippen LogP contribution in [0.1, 0.15) is 34.1 Å². The van der Waals surface area contributed by atoms with Crippen molar-refractivity contribution in [3.63, 3.8) is 0 Å². The zero-order valence-corrected chi connectivity index (χ0v) is 24.1. The molecule has 37 heavy (non-hydrogen) atoms. The van der Waals surface area contributed by atoms with Gasteiger partial charge in [0.15, 0.2) is 0 Å². The first-order chi connectivity index (χ1) is 17.8. The summed E-state index contributed by atoms with van der Waals surface area (Å²) in [6.07, 6.45) is 0.842. The van der Waals surface area contributed by atoms with E-state index in [9.17, 15) is 0 Å². The molecule has 0 aliphatic carbocycles. The van der Waals surface area contributed by atoms with Crippen LogP contribution in [0.5, 0.6) is 0 Å². The van der Waals surface area contributed by atoms with Crippen molar-refractivity contribution in [1.29, 1.82) is 0 Å². The number of nitrogens with zero attached hydrogens (tertiary/aromatic N) is 1. The van der Waals surface area contributed by atoms with E-state index in [0.29, 0.717) is 5.75 Å². The molecule has 0 fully saturated rings. The summed E-state index contributed by atoms with van der Waals surface area (Å²) in [6, 6.07) is 41.2. The first-order valence-electron chi connectivity index (χ1n) is 13.0. The summed E-state index contributed by atoms with van der Waals surface area (Å²) in [7, 11) is -5.73. The Kier molecular flexibility index (Phi) is 8.35. The highest BCUT2D eigenvalue weighted by atomic mass is 32.2. The molecule has 5 heteroatoms. The van der Waals surface area contributed by atoms with E-state index < -0.39 is 18.0 Å². The van der Waals surface area contributed by atoms with Gasteiger partial charge in [-0.3, -0.25) is 4.03 Å². The summed E-state index contributed by atoms with van der Waals surface area (Å²) in [5.74, 6) is 0.437. The van der Waals surface area contributed by atoms with Crippen molar-refractivity contribution in [2.24, 2.45) is 4.03 Å². The number of hydrogen-bond acceptors (Lipinski definition) is 3. The Balaban J connectivity index is 1.99. The van der Waals surface area contributed by atoms with E-state index in [1.807, 2.05) is 60.7 Å². The maximum atomic E-state index is 15.4. The molecule has 4 rings (SSSR count). The van der Waals surface area contributed by atoms with Crippen LogP contribution in [0, 0.1) is 0 Å². The third-order valence-corrected chi connectivity index (χ3v) is 15.6. The molecule has 4 aromatic rings. The SMILES string of the molecule is CC[C@H](C[S@](=O)(=N[Si](c1ccccc1)(c1ccccc1)C(C)(C)C)c1ccccc1)Nc1ccccc1. The van der Waals surface area contributed by atoms with Gasteiger partial charge in [0.25, 0.3) is 8.24 Å². The Morgan fingerprint density at radius 1 is 0.730 bits per heavy atom. The van der Waals surface area contributed by atoms with E-state index >= 15 is 4.21 Å². The zero-order chi connectivity index (χ0) is 26.4. The lowest BCUT2D eigenvalue weighted by Gasteiger charge is -2.41. The number of benzene rings is 4. The van der Waals surface area contributed by atoms with Gasteiger partial charge >= 0.3 is 0 Å². The van der Waals surface area contributed by atoms with Gasteiger partial charge in [-0.2, -0.15) is 0 Å². The standard InChI is InChI=1S/C32H38N2OSSi/c1-5-27(33-28-18-10-6-11-19-28)26-36(35,29-20-12-7-13-21-29)34-37(32(2,3)4,30-22-14-8-15-23-30)31-24-16-9-17-25-31/h6-25,27,33H,5,26H2,1-4H3/t27-,36-/m1/s1. The summed E-state index contributed by atoms with van der Waals surface area (Å²) in [6.45, 7) is 8.92. The largest absolute Gasteiger partial charge is 0.381 e. The summed E-state index contributed by atoms with van der Waals surface area (Å²) < 4.78 is 21.1. The van der Waals surface area contributed by atoms with Gasteiger partial charge in [0.05, 0.1) is 15.5 Å². The predicted octanol–water partition coefficient (Wildman–Crippen LogP) is 6.96. The van der Waals surface area contributed by atoms with Crippen LogP contribution < -0.4 is 15.7 Å². The van der Waals surface area contributed by atoms with Gasteiger partial charge in [-0.25, -0.2) is 4.21 Å². The van der Waals surface area contributed by atoms with Crippen molar-refractivity contribution < 1.29 is 4.21 Å². The van der Waals surface area contributed by atoms with Crippen LogP contribution in [-0.4, -0.2) is 24.2 Å². The maximum absolute atomic E-state index is 15.4. The summed E-state index contributed by atoms with van der Waals surface area (Å²) >= 11 is 0. The molecule has 3 nitrogen and oxygen atoms in total. The monoisotopic (exact) mass is 526 g/mol. The Morgan fingerprint density at radius 2 is 1.16 bits per heavy atom. The maximum Gasteiger partial charge on any atom is 0.260 e. The van der Waals surface area contributed by atoms with Crippen LogP contribution in [0.15, 0.2) is 130 Å². The molecule has 0 unspecified atom stereocenters. The van der Waals surface area contributed by atoms with Gasteiger partial charge in [-0.1, -0.05) is 125 Å². The molecular weight excluding hydrogens is 489 g/mol. The second kappa shape index (κ2) is 11.5. The highest BCUT2D eigenvalue weighted by Gasteiger charge is 2.50. The van der Waals surface area contributed by atoms with E-state index in [2.05, 4.69) is 93.7 Å². The van der Waals surface area contributed by atoms with Crippen LogP contribution >= 0.6 is 0 Å². The molecular formula is C32H38N2OSSi. The van der Waals surface area contributed by atoms with E-state index in [0.717, 1.165) is 17.0 Å². The Labute approximate surface area is 224 Å². The fraction of sp³-hybridized carbons (Fsp3) is 0.250. The first kappa shape index (κ1) is 26.9. The average Bonchev–Trinajstić information content (AvgIpc) is 2.93. The molecule has 0 aromatic heterocycles. The quantitative estimate of drug-likeness (QED) is 0.239. The van der Waals surface area contributed by atoms with Gasteiger partial charge in [0.1, 0.15) is 0 Å². The van der Waals surface area contributed by atoms with Crippen LogP contribution in [-0.2, 0) is 9.73 Å². The van der Waals surface area contributed by atoms with E-state index in [1.54, 1.807) is 0 Å². The molecule has 0 spiro atoms. The van der Waals surface area contributed by atoms with Crippen molar-refractivity contribution in [2.75, 3.05) is 11.1 Å². The van der Waals surface area contributed by atoms with Crippen molar-refractivity contribution in [2.45, 2.75) is 50.1 Å². The van der Waals surface area contributed by atoms with Crippen LogP contribution in [0.25, 0.3) is 0 Å². The van der Waals surface area contributed by atoms with Crippen LogP contribution in [0.2, 0.25) is 5.04 Å². The minimum Gasteiger partial charge on any atom is -0.381 e. The second-order valence-corrected chi connectivity index (χ2v) is 17.4. The number of anilines is 1. The topological polar surface area (TPSA) is 41.5 Å². The molecule has 192 valence electrons. The highest BCUT2D eigenvalue weighted by Crippen LogP contribution is 2.38. The Morgan fingerprint density at radius 3 is 1.59 bits per heavy atom. The minimum atomic E-state index is -2.92. The summed E-state index contributed by atoms with van der Waals surface area (Å²) in [5.41, 5.74) is 1.04. The molecule has 0 aliphatic rings. The summed E-state index contributed by atoms with van der Waals surface area (Å²) in [5, 5.41) is 5.78. The molecule has 0 amide bonds. The lowest BCUT2D eigenvalue weighted by atomic mass is 10.2. The van der Waals surface area contributed by atoms with Crippen molar-refractivity contribution in [3.05, 3.63) is 121 Å². The third-order valence-electron chi connectivity index (χ3n) is 6.93. The fourth-order valence-electron chi connectivity index (χ4n) is 4.98. The number of para-hydroxylation sites is 1. The van der Waals surface area contributed by atoms with Gasteiger partial charge in [0.2, 0.25) is 0 Å². The van der Waals surface area contributed by atoms with Crippen molar-refractivity contribution in [1.82, 2.24) is 0 Å². The summed E-state index contributed by atoms with van der Waals surface area (Å²) in [4.78, 5) is 0.802. The molecule has 0 saturated heterocycles. The lowest BCUT2D eigenvalue weighted by molar-refractivity contribution is 0.664. The molecule has 0 saturated carbocycles. The predicted molar refractivity (Wildman–Crippen MR) is 162 cm³/mol. The van der Waals surface area contributed by atoms with Gasteiger partial charge in [0, 0.05) is 16.6 Å². The molecule has 0 aliphatic heterocycles. The molecule has 2 atom stereocenters. The minimum absolute atomic E-state index is 0.0112. The Hall–Kier alpha value is -3.15. The van der Waals surface area contributed by atoms with Gasteiger partial charge in [-0.15, -0.1) is 0 Å². The highest BCUT2D eigenvalue weighted by molar-refractivity contribution is 7.94. The number of rotatable bonds is 9. The molecule has 0 radical (unpaired) electrons. The van der Waals surface area contributed by atoms with E-state index in [4.69, 9.17) is 4.03 Å². The van der Waals surface area contributed by atoms with E-state index in [-0.39, 0.29) is 11.1 Å². The fourth-order valence-corrected chi connectivity index (χ4v) is 14.5. The lowest BCUT2D eigenvalue weighted by Crippen LogP contribution is -2.63. The zero-order valence-electron chi connectivity index (χ0n) is 22.3. The molecule has 4 aromatic carbocycles. The van der Waals surface area contributed by atoms with Crippen LogP contribution in [0.3, 0.4) is 0 Å². The number of nitrogens with one attached hydrogen (secondary N) is 1. The molecule has 0 heterocycles. The first-order valence-corrected chi connectivity index (χ1v) is 16.7. The van der Waals surface area contributed by atoms with Gasteiger partial charge in [-0.05, 0) is 46.1 Å². The second-order valence-electron chi connectivity index (χ2n) is 10.5. The normalized spacial score (nSPS) is 14.4.